The fourth-order valence-electron chi connectivity index (χ4n) is 2.37. The van der Waals surface area contributed by atoms with Crippen LogP contribution in [0.1, 0.15) is 16.7 Å². The van der Waals surface area contributed by atoms with E-state index in [9.17, 15) is 4.79 Å². The van der Waals surface area contributed by atoms with E-state index in [1.807, 2.05) is 38.1 Å². The van der Waals surface area contributed by atoms with Crippen LogP contribution < -0.4 is 19.6 Å². The van der Waals surface area contributed by atoms with E-state index < -0.39 is 0 Å². The van der Waals surface area contributed by atoms with Crippen LogP contribution in [0.3, 0.4) is 0 Å². The second kappa shape index (κ2) is 7.04. The zero-order valence-corrected chi connectivity index (χ0v) is 13.5. The first-order valence-electron chi connectivity index (χ1n) is 7.53. The van der Waals surface area contributed by atoms with Crippen LogP contribution in [0.4, 0.5) is 0 Å². The number of carbonyl (C=O) groups is 1. The van der Waals surface area contributed by atoms with Crippen LogP contribution in [-0.2, 0) is 4.79 Å². The number of fused-ring (bicyclic) bond motifs is 1. The maximum atomic E-state index is 11.8. The van der Waals surface area contributed by atoms with E-state index in [2.05, 4.69) is 10.5 Å². The maximum absolute atomic E-state index is 11.8. The number of rotatable bonds is 5. The van der Waals surface area contributed by atoms with Crippen LogP contribution in [0.25, 0.3) is 0 Å². The van der Waals surface area contributed by atoms with E-state index in [1.165, 1.54) is 6.21 Å². The number of hydrogen-bond donors (Lipinski definition) is 1. The monoisotopic (exact) mass is 326 g/mol. The van der Waals surface area contributed by atoms with Crippen molar-refractivity contribution in [3.63, 3.8) is 0 Å². The first kappa shape index (κ1) is 15.9. The number of carbonyl (C=O) groups excluding carboxylic acids is 1. The Kier molecular flexibility index (Phi) is 4.65. The van der Waals surface area contributed by atoms with E-state index in [1.54, 1.807) is 12.1 Å². The molecule has 1 amide bonds. The number of hydrogen-bond acceptors (Lipinski definition) is 5. The molecule has 0 bridgehead atoms. The van der Waals surface area contributed by atoms with Crippen molar-refractivity contribution in [3.8, 4) is 17.2 Å². The Hall–Kier alpha value is -3.02. The lowest BCUT2D eigenvalue weighted by atomic mass is 10.1. The molecule has 1 aliphatic rings. The van der Waals surface area contributed by atoms with Crippen LogP contribution in [0, 0.1) is 13.8 Å². The summed E-state index contributed by atoms with van der Waals surface area (Å²) in [7, 11) is 0. The molecule has 3 rings (SSSR count). The number of benzene rings is 2. The average Bonchev–Trinajstić information content (AvgIpc) is 3.00. The van der Waals surface area contributed by atoms with Crippen molar-refractivity contribution < 1.29 is 19.0 Å². The van der Waals surface area contributed by atoms with Gasteiger partial charge in [0.2, 0.25) is 6.79 Å². The molecular weight excluding hydrogens is 308 g/mol. The van der Waals surface area contributed by atoms with Gasteiger partial charge in [-0.2, -0.15) is 5.10 Å². The molecule has 0 radical (unpaired) electrons. The van der Waals surface area contributed by atoms with Gasteiger partial charge in [-0.05, 0) is 60.9 Å². The van der Waals surface area contributed by atoms with Crippen molar-refractivity contribution in [2.24, 2.45) is 5.10 Å². The zero-order valence-electron chi connectivity index (χ0n) is 13.5. The molecule has 0 aromatic heterocycles. The summed E-state index contributed by atoms with van der Waals surface area (Å²) in [4.78, 5) is 11.8. The topological polar surface area (TPSA) is 69.2 Å². The van der Waals surface area contributed by atoms with Gasteiger partial charge in [-0.3, -0.25) is 4.79 Å². The van der Waals surface area contributed by atoms with E-state index in [4.69, 9.17) is 14.2 Å². The van der Waals surface area contributed by atoms with Crippen molar-refractivity contribution in [1.82, 2.24) is 5.43 Å². The quantitative estimate of drug-likeness (QED) is 0.677. The molecule has 124 valence electrons. The molecule has 24 heavy (non-hydrogen) atoms. The van der Waals surface area contributed by atoms with Gasteiger partial charge in [0, 0.05) is 0 Å². The van der Waals surface area contributed by atoms with Gasteiger partial charge in [0.15, 0.2) is 18.1 Å². The average molecular weight is 326 g/mol. The van der Waals surface area contributed by atoms with Gasteiger partial charge in [0.05, 0.1) is 6.21 Å². The Labute approximate surface area is 140 Å². The molecule has 0 spiro atoms. The van der Waals surface area contributed by atoms with E-state index in [0.717, 1.165) is 16.7 Å². The molecule has 1 heterocycles. The van der Waals surface area contributed by atoms with Crippen molar-refractivity contribution in [1.29, 1.82) is 0 Å². The molecule has 0 saturated heterocycles. The van der Waals surface area contributed by atoms with Gasteiger partial charge >= 0.3 is 0 Å². The third kappa shape index (κ3) is 4.04. The third-order valence-corrected chi connectivity index (χ3v) is 3.36. The summed E-state index contributed by atoms with van der Waals surface area (Å²) in [6.07, 6.45) is 1.54. The predicted molar refractivity (Wildman–Crippen MR) is 89.7 cm³/mol. The van der Waals surface area contributed by atoms with Gasteiger partial charge in [-0.25, -0.2) is 5.43 Å². The summed E-state index contributed by atoms with van der Waals surface area (Å²) in [5.74, 6) is 1.72. The number of ether oxygens (including phenoxy) is 3. The highest BCUT2D eigenvalue weighted by atomic mass is 16.7. The minimum absolute atomic E-state index is 0.0959. The van der Waals surface area contributed by atoms with Crippen molar-refractivity contribution in [3.05, 3.63) is 53.1 Å². The van der Waals surface area contributed by atoms with E-state index in [0.29, 0.717) is 17.2 Å². The van der Waals surface area contributed by atoms with Crippen molar-refractivity contribution >= 4 is 12.1 Å². The minimum atomic E-state index is -0.328. The number of aryl methyl sites for hydroxylation is 2. The summed E-state index contributed by atoms with van der Waals surface area (Å²) in [6.45, 7) is 4.09. The second-order valence-corrected chi connectivity index (χ2v) is 5.52. The fourth-order valence-corrected chi connectivity index (χ4v) is 2.37. The van der Waals surface area contributed by atoms with Gasteiger partial charge < -0.3 is 14.2 Å². The highest BCUT2D eigenvalue weighted by molar-refractivity contribution is 5.83. The minimum Gasteiger partial charge on any atom is -0.484 e. The summed E-state index contributed by atoms with van der Waals surface area (Å²) in [6, 6.07) is 11.2. The molecular formula is C18H18N2O4. The molecule has 0 fully saturated rings. The fraction of sp³-hybridized carbons (Fsp3) is 0.222. The number of hydrazone groups is 1. The number of amides is 1. The summed E-state index contributed by atoms with van der Waals surface area (Å²) in [5.41, 5.74) is 5.41. The molecule has 1 aliphatic heterocycles. The first-order valence-corrected chi connectivity index (χ1v) is 7.53. The van der Waals surface area contributed by atoms with Crippen molar-refractivity contribution in [2.45, 2.75) is 13.8 Å². The Morgan fingerprint density at radius 2 is 1.92 bits per heavy atom. The Bertz CT molecular complexity index is 766. The van der Waals surface area contributed by atoms with E-state index in [-0.39, 0.29) is 19.3 Å². The standard InChI is InChI=1S/C18H18N2O4/c1-12-5-13(2)7-15(6-12)22-10-18(21)20-19-9-14-3-4-16-17(8-14)24-11-23-16/h3-9H,10-11H2,1-2H3,(H,20,21). The Morgan fingerprint density at radius 3 is 2.71 bits per heavy atom. The number of nitrogens with one attached hydrogen (secondary N) is 1. The zero-order chi connectivity index (χ0) is 16.9. The van der Waals surface area contributed by atoms with Gasteiger partial charge in [-0.15, -0.1) is 0 Å². The third-order valence-electron chi connectivity index (χ3n) is 3.36. The van der Waals surface area contributed by atoms with Crippen molar-refractivity contribution in [2.75, 3.05) is 13.4 Å². The van der Waals surface area contributed by atoms with Crippen LogP contribution in [0.15, 0.2) is 41.5 Å². The molecule has 0 aliphatic carbocycles. The SMILES string of the molecule is Cc1cc(C)cc(OCC(=O)NN=Cc2ccc3c(c2)OCO3)c1. The molecule has 6 heteroatoms. The summed E-state index contributed by atoms with van der Waals surface area (Å²) < 4.78 is 16.0. The lowest BCUT2D eigenvalue weighted by molar-refractivity contribution is -0.123. The number of nitrogens with zero attached hydrogens (tertiary/aromatic N) is 1. The Morgan fingerprint density at radius 1 is 1.17 bits per heavy atom. The summed E-state index contributed by atoms with van der Waals surface area (Å²) >= 11 is 0. The highest BCUT2D eigenvalue weighted by Crippen LogP contribution is 2.31. The predicted octanol–water partition coefficient (Wildman–Crippen LogP) is 2.56. The van der Waals surface area contributed by atoms with Crippen LogP contribution >= 0.6 is 0 Å². The molecule has 1 N–H and O–H groups in total. The smallest absolute Gasteiger partial charge is 0.277 e. The van der Waals surface area contributed by atoms with Crippen LogP contribution in [0.5, 0.6) is 17.2 Å². The van der Waals surface area contributed by atoms with Crippen LogP contribution in [0.2, 0.25) is 0 Å². The van der Waals surface area contributed by atoms with E-state index >= 15 is 0 Å². The highest BCUT2D eigenvalue weighted by Gasteiger charge is 2.12. The molecule has 0 unspecified atom stereocenters. The largest absolute Gasteiger partial charge is 0.484 e. The second-order valence-electron chi connectivity index (χ2n) is 5.52. The normalized spacial score (nSPS) is 12.4. The maximum Gasteiger partial charge on any atom is 0.277 e. The van der Waals surface area contributed by atoms with Gasteiger partial charge in [0.1, 0.15) is 5.75 Å². The molecule has 2 aromatic carbocycles. The molecule has 6 nitrogen and oxygen atoms in total. The molecule has 2 aromatic rings. The van der Waals surface area contributed by atoms with Gasteiger partial charge in [-0.1, -0.05) is 6.07 Å². The Balaban J connectivity index is 1.50. The summed E-state index contributed by atoms with van der Waals surface area (Å²) in [5, 5.41) is 3.91. The van der Waals surface area contributed by atoms with Gasteiger partial charge in [0.25, 0.3) is 5.91 Å². The first-order chi connectivity index (χ1) is 11.6. The molecule has 0 saturated carbocycles. The molecule has 0 atom stereocenters. The lowest BCUT2D eigenvalue weighted by Gasteiger charge is -2.07. The lowest BCUT2D eigenvalue weighted by Crippen LogP contribution is -2.24. The van der Waals surface area contributed by atoms with Crippen LogP contribution in [-0.4, -0.2) is 25.5 Å².